The molecule has 1 aromatic carbocycles. The number of hydrogen-bond acceptors (Lipinski definition) is 5. The third kappa shape index (κ3) is 4.90. The van der Waals surface area contributed by atoms with E-state index in [-0.39, 0.29) is 28.5 Å². The van der Waals surface area contributed by atoms with Crippen molar-refractivity contribution >= 4 is 11.7 Å². The molecule has 1 heterocycles. The van der Waals surface area contributed by atoms with Gasteiger partial charge in [0.05, 0.1) is 12.1 Å². The lowest BCUT2D eigenvalue weighted by Gasteiger charge is -2.11. The maximum Gasteiger partial charge on any atom is 0.157 e. The minimum absolute atomic E-state index is 0.0200. The van der Waals surface area contributed by atoms with Gasteiger partial charge in [0.15, 0.2) is 11.7 Å². The molecule has 2 rings (SSSR count). The monoisotopic (exact) mass is 387 g/mol. The summed E-state index contributed by atoms with van der Waals surface area (Å²) in [6, 6.07) is 4.81. The molecule has 0 spiro atoms. The fraction of sp³-hybridized carbons (Fsp3) is 0.0526. The van der Waals surface area contributed by atoms with Crippen molar-refractivity contribution in [3.8, 4) is 29.2 Å². The number of nitrogens with zero attached hydrogens (tertiary/aromatic N) is 2. The number of aromatic nitrogens is 1. The van der Waals surface area contributed by atoms with Crippen molar-refractivity contribution in [2.45, 2.75) is 0 Å². The van der Waals surface area contributed by atoms with E-state index in [1.165, 1.54) is 18.3 Å². The average molecular weight is 387 g/mol. The molecule has 0 aliphatic carbocycles. The number of aliphatic imine (C=N–C) groups is 1. The number of nitrogens with one attached hydrogen (secondary N) is 1. The van der Waals surface area contributed by atoms with E-state index in [2.05, 4.69) is 15.4 Å². The molecular weight excluding hydrogens is 371 g/mol. The number of hydrogen-bond donors (Lipinski definition) is 4. The highest BCUT2D eigenvalue weighted by Gasteiger charge is 2.13. The van der Waals surface area contributed by atoms with Crippen LogP contribution in [0.1, 0.15) is 5.56 Å². The Hall–Kier alpha value is -3.77. The van der Waals surface area contributed by atoms with Crippen molar-refractivity contribution in [3.63, 3.8) is 0 Å². The minimum Gasteiger partial charge on any atom is -0.507 e. The lowest BCUT2D eigenvalue weighted by molar-refractivity contribution is 0.475. The number of halogens is 3. The molecule has 0 radical (unpaired) electrons. The second-order valence-electron chi connectivity index (χ2n) is 5.38. The lowest BCUT2D eigenvalue weighted by Crippen LogP contribution is -2.32. The lowest BCUT2D eigenvalue weighted by atomic mass is 10.0. The molecule has 0 bridgehead atoms. The molecule has 0 amide bonds. The van der Waals surface area contributed by atoms with Crippen LogP contribution in [0.2, 0.25) is 0 Å². The Morgan fingerprint density at radius 2 is 2.11 bits per heavy atom. The minimum atomic E-state index is -1.18. The zero-order chi connectivity index (χ0) is 20.7. The van der Waals surface area contributed by atoms with Gasteiger partial charge in [0.2, 0.25) is 0 Å². The van der Waals surface area contributed by atoms with Gasteiger partial charge in [0.25, 0.3) is 0 Å². The van der Waals surface area contributed by atoms with Crippen molar-refractivity contribution in [1.82, 2.24) is 10.4 Å². The molecule has 0 aliphatic rings. The Morgan fingerprint density at radius 3 is 2.79 bits per heavy atom. The molecule has 0 aliphatic heterocycles. The summed E-state index contributed by atoms with van der Waals surface area (Å²) in [7, 11) is 0. The largest absolute Gasteiger partial charge is 0.507 e. The molecule has 144 valence electrons. The highest BCUT2D eigenvalue weighted by atomic mass is 19.2. The van der Waals surface area contributed by atoms with Crippen molar-refractivity contribution < 1.29 is 18.3 Å². The second kappa shape index (κ2) is 9.25. The third-order valence-electron chi connectivity index (χ3n) is 3.54. The van der Waals surface area contributed by atoms with E-state index in [1.807, 2.05) is 5.92 Å². The molecule has 6 nitrogen and oxygen atoms in total. The van der Waals surface area contributed by atoms with Crippen LogP contribution < -0.4 is 17.0 Å². The summed E-state index contributed by atoms with van der Waals surface area (Å²) in [5, 5.41) is 9.94. The number of amidine groups is 1. The zero-order valence-corrected chi connectivity index (χ0v) is 14.5. The quantitative estimate of drug-likeness (QED) is 0.158. The van der Waals surface area contributed by atoms with Crippen LogP contribution in [0.3, 0.4) is 0 Å². The van der Waals surface area contributed by atoms with Crippen LogP contribution in [0.4, 0.5) is 19.0 Å². The topological polar surface area (TPSA) is 110 Å². The Bertz CT molecular complexity index is 1010. The first-order valence-electron chi connectivity index (χ1n) is 7.80. The van der Waals surface area contributed by atoms with Crippen molar-refractivity contribution in [3.05, 3.63) is 65.6 Å². The Morgan fingerprint density at radius 1 is 1.36 bits per heavy atom. The van der Waals surface area contributed by atoms with E-state index >= 15 is 0 Å². The number of terminal acetylenes is 1. The van der Waals surface area contributed by atoms with Crippen LogP contribution in [-0.4, -0.2) is 22.5 Å². The van der Waals surface area contributed by atoms with Crippen molar-refractivity contribution in [2.75, 3.05) is 12.3 Å². The summed E-state index contributed by atoms with van der Waals surface area (Å²) in [6.45, 7) is -0.685. The van der Waals surface area contributed by atoms with Crippen LogP contribution >= 0.6 is 0 Å². The smallest absolute Gasteiger partial charge is 0.157 e. The third-order valence-corrected chi connectivity index (χ3v) is 3.54. The molecule has 0 saturated heterocycles. The number of nitrogen functional groups attached to an aromatic ring is 1. The summed E-state index contributed by atoms with van der Waals surface area (Å²) >= 11 is 0. The number of aromatic hydroxyl groups is 1. The number of pyridine rings is 1. The molecule has 0 unspecified atom stereocenters. The molecule has 9 heteroatoms. The SMILES string of the molecule is C#C/C=C\C(F)=C(\F)CN=C(NN)c1cc(-c2cc(F)ccc2O)cnc1N. The summed E-state index contributed by atoms with van der Waals surface area (Å²) in [4.78, 5) is 7.80. The predicted octanol–water partition coefficient (Wildman–Crippen LogP) is 2.73. The summed E-state index contributed by atoms with van der Waals surface area (Å²) < 4.78 is 40.7. The molecule has 2 aromatic rings. The van der Waals surface area contributed by atoms with E-state index < -0.39 is 24.0 Å². The number of allylic oxidation sites excluding steroid dienone is 3. The van der Waals surface area contributed by atoms with Gasteiger partial charge in [-0.2, -0.15) is 0 Å². The van der Waals surface area contributed by atoms with Gasteiger partial charge in [0, 0.05) is 17.3 Å². The number of rotatable bonds is 5. The van der Waals surface area contributed by atoms with Crippen LogP contribution in [-0.2, 0) is 0 Å². The average Bonchev–Trinajstić information content (AvgIpc) is 2.69. The van der Waals surface area contributed by atoms with Gasteiger partial charge in [-0.3, -0.25) is 4.99 Å². The van der Waals surface area contributed by atoms with Crippen LogP contribution in [0, 0.1) is 18.2 Å². The summed E-state index contributed by atoms with van der Waals surface area (Å²) in [6.07, 6.45) is 8.02. The van der Waals surface area contributed by atoms with E-state index in [4.69, 9.17) is 18.0 Å². The van der Waals surface area contributed by atoms with Gasteiger partial charge >= 0.3 is 0 Å². The van der Waals surface area contributed by atoms with Crippen LogP contribution in [0.5, 0.6) is 5.75 Å². The maximum atomic E-state index is 13.8. The normalized spacial score (nSPS) is 12.6. The molecular formula is C19H16F3N5O. The van der Waals surface area contributed by atoms with Crippen molar-refractivity contribution in [2.24, 2.45) is 10.8 Å². The second-order valence-corrected chi connectivity index (χ2v) is 5.38. The highest BCUT2D eigenvalue weighted by Crippen LogP contribution is 2.30. The number of benzene rings is 1. The first-order chi connectivity index (χ1) is 13.4. The van der Waals surface area contributed by atoms with Gasteiger partial charge < -0.3 is 16.3 Å². The number of anilines is 1. The van der Waals surface area contributed by atoms with Gasteiger partial charge in [-0.25, -0.2) is 24.0 Å². The van der Waals surface area contributed by atoms with Gasteiger partial charge in [-0.15, -0.1) is 6.42 Å². The Balaban J connectivity index is 2.43. The zero-order valence-electron chi connectivity index (χ0n) is 14.5. The maximum absolute atomic E-state index is 13.8. The molecule has 1 aromatic heterocycles. The Labute approximate surface area is 159 Å². The van der Waals surface area contributed by atoms with Crippen LogP contribution in [0.15, 0.2) is 59.3 Å². The molecule has 28 heavy (non-hydrogen) atoms. The van der Waals surface area contributed by atoms with Crippen LogP contribution in [0.25, 0.3) is 11.1 Å². The van der Waals surface area contributed by atoms with Gasteiger partial charge in [-0.05, 0) is 36.4 Å². The van der Waals surface area contributed by atoms with Gasteiger partial charge in [-0.1, -0.05) is 5.92 Å². The molecule has 0 fully saturated rings. The summed E-state index contributed by atoms with van der Waals surface area (Å²) in [5.74, 6) is 4.22. The van der Waals surface area contributed by atoms with E-state index in [1.54, 1.807) is 0 Å². The van der Waals surface area contributed by atoms with Crippen molar-refractivity contribution in [1.29, 1.82) is 0 Å². The number of phenolic OH excluding ortho intramolecular Hbond substituents is 1. The standard InChI is InChI=1S/C19H16F3N5O/c1-2-3-4-15(21)16(22)10-26-19(27-24)14-7-11(9-25-18(14)23)13-8-12(20)5-6-17(13)28/h1,3-9,28H,10,24H2,(H2,23,25)(H,26,27)/b4-3-,16-15-. The number of hydrazine groups is 1. The number of phenols is 1. The summed E-state index contributed by atoms with van der Waals surface area (Å²) in [5.41, 5.74) is 8.65. The molecule has 0 saturated carbocycles. The highest BCUT2D eigenvalue weighted by molar-refractivity contribution is 6.03. The molecule has 0 atom stereocenters. The predicted molar refractivity (Wildman–Crippen MR) is 102 cm³/mol. The fourth-order valence-corrected chi connectivity index (χ4v) is 2.20. The van der Waals surface area contributed by atoms with E-state index in [0.29, 0.717) is 5.56 Å². The Kier molecular flexibility index (Phi) is 6.79. The molecule has 6 N–H and O–H groups in total. The van der Waals surface area contributed by atoms with E-state index in [9.17, 15) is 18.3 Å². The number of nitrogens with two attached hydrogens (primary N) is 2. The van der Waals surface area contributed by atoms with E-state index in [0.717, 1.165) is 24.3 Å². The first kappa shape index (κ1) is 20.5. The first-order valence-corrected chi connectivity index (χ1v) is 7.80. The van der Waals surface area contributed by atoms with Gasteiger partial charge in [0.1, 0.15) is 23.2 Å². The fourth-order valence-electron chi connectivity index (χ4n) is 2.20.